The topological polar surface area (TPSA) is 66.4 Å². The van der Waals surface area contributed by atoms with E-state index in [1.54, 1.807) is 24.4 Å². The molecule has 0 radical (unpaired) electrons. The fourth-order valence-corrected chi connectivity index (χ4v) is 8.86. The van der Waals surface area contributed by atoms with E-state index in [1.807, 2.05) is 6.07 Å². The van der Waals surface area contributed by atoms with Crippen molar-refractivity contribution in [3.8, 4) is 29.6 Å². The van der Waals surface area contributed by atoms with Gasteiger partial charge in [0.2, 0.25) is 0 Å². The van der Waals surface area contributed by atoms with Crippen molar-refractivity contribution in [1.29, 1.82) is 0 Å². The molecule has 9 heteroatoms. The van der Waals surface area contributed by atoms with E-state index in [2.05, 4.69) is 32.6 Å². The maximum atomic E-state index is 16.9. The summed E-state index contributed by atoms with van der Waals surface area (Å²) in [6, 6.07) is 9.80. The number of rotatable bonds is 6. The average molecular weight is 619 g/mol. The second kappa shape index (κ2) is 10.4. The van der Waals surface area contributed by atoms with Crippen molar-refractivity contribution in [2.75, 3.05) is 31.1 Å². The standard InChI is InChI=1S/C37H36F2N6O/c1-3-26-29(38)12-9-23-5-4-6-27(31(23)26)33-32(39)34-28(16-40-33)35(44-18-24-10-11-25(19-44)41-24)43-36(42-34)46-20-37-14-13-30(22-7-8-22)45(37)17-21(2)15-37/h1,4-6,9,12,16,22,24-25,30,41H,2,7-8,10-11,13-15,17-20H2/t24?,25?,30-,37-/m0/s1. The van der Waals surface area contributed by atoms with Crippen molar-refractivity contribution in [3.05, 3.63) is 65.9 Å². The van der Waals surface area contributed by atoms with E-state index < -0.39 is 11.6 Å². The van der Waals surface area contributed by atoms with Crippen LogP contribution in [0.4, 0.5) is 14.6 Å². The highest BCUT2D eigenvalue weighted by atomic mass is 19.1. The second-order valence-corrected chi connectivity index (χ2v) is 14.0. The van der Waals surface area contributed by atoms with Crippen LogP contribution in [0.3, 0.4) is 0 Å². The van der Waals surface area contributed by atoms with E-state index in [9.17, 15) is 4.39 Å². The van der Waals surface area contributed by atoms with Crippen molar-refractivity contribution < 1.29 is 13.5 Å². The van der Waals surface area contributed by atoms with E-state index >= 15 is 4.39 Å². The number of piperazine rings is 1. The van der Waals surface area contributed by atoms with Gasteiger partial charge in [0.15, 0.2) is 5.82 Å². The molecule has 2 bridgehead atoms. The molecular formula is C37H36F2N6O. The summed E-state index contributed by atoms with van der Waals surface area (Å²) < 4.78 is 38.2. The predicted molar refractivity (Wildman–Crippen MR) is 175 cm³/mol. The molecule has 4 saturated heterocycles. The third-order valence-corrected chi connectivity index (χ3v) is 11.1. The zero-order valence-electron chi connectivity index (χ0n) is 25.7. The van der Waals surface area contributed by atoms with Crippen LogP contribution >= 0.6 is 0 Å². The normalized spacial score (nSPS) is 27.5. The maximum absolute atomic E-state index is 16.9. The van der Waals surface area contributed by atoms with E-state index in [4.69, 9.17) is 21.1 Å². The number of hydrogen-bond donors (Lipinski definition) is 1. The first-order valence-electron chi connectivity index (χ1n) is 16.5. The van der Waals surface area contributed by atoms with Crippen LogP contribution in [0.1, 0.15) is 50.5 Å². The van der Waals surface area contributed by atoms with Crippen LogP contribution in [0, 0.1) is 29.9 Å². The van der Waals surface area contributed by atoms with Crippen LogP contribution in [-0.2, 0) is 0 Å². The molecule has 234 valence electrons. The number of aromatic nitrogens is 3. The molecule has 1 aliphatic carbocycles. The number of ether oxygens (including phenoxy) is 1. The molecule has 46 heavy (non-hydrogen) atoms. The Kier molecular flexibility index (Phi) is 6.38. The minimum Gasteiger partial charge on any atom is -0.461 e. The number of pyridine rings is 1. The zero-order chi connectivity index (χ0) is 31.2. The maximum Gasteiger partial charge on any atom is 0.319 e. The molecule has 4 aliphatic heterocycles. The third-order valence-electron chi connectivity index (χ3n) is 11.1. The van der Waals surface area contributed by atoms with Gasteiger partial charge in [-0.05, 0) is 62.3 Å². The van der Waals surface area contributed by atoms with E-state index in [-0.39, 0.29) is 28.3 Å². The summed E-state index contributed by atoms with van der Waals surface area (Å²) in [5, 5.41) is 5.36. The van der Waals surface area contributed by atoms with Crippen LogP contribution in [0.5, 0.6) is 6.01 Å². The molecule has 7 nitrogen and oxygen atoms in total. The summed E-state index contributed by atoms with van der Waals surface area (Å²) in [6.45, 7) is 7.21. The van der Waals surface area contributed by atoms with Gasteiger partial charge >= 0.3 is 6.01 Å². The number of nitrogens with one attached hydrogen (secondary N) is 1. The van der Waals surface area contributed by atoms with Gasteiger partial charge in [0.05, 0.1) is 16.5 Å². The Labute approximate surface area is 267 Å². The van der Waals surface area contributed by atoms with Crippen LogP contribution in [0.2, 0.25) is 0 Å². The molecule has 4 atom stereocenters. The lowest BCUT2D eigenvalue weighted by atomic mass is 9.93. The van der Waals surface area contributed by atoms with Gasteiger partial charge in [0, 0.05) is 54.9 Å². The van der Waals surface area contributed by atoms with E-state index in [0.717, 1.165) is 51.2 Å². The zero-order valence-corrected chi connectivity index (χ0v) is 25.7. The monoisotopic (exact) mass is 618 g/mol. The molecule has 5 aliphatic rings. The van der Waals surface area contributed by atoms with Gasteiger partial charge in [-0.3, -0.25) is 9.88 Å². The first-order chi connectivity index (χ1) is 22.4. The van der Waals surface area contributed by atoms with Gasteiger partial charge in [-0.1, -0.05) is 42.3 Å². The molecule has 5 fully saturated rings. The Balaban J connectivity index is 1.15. The molecule has 0 spiro atoms. The molecule has 6 heterocycles. The lowest BCUT2D eigenvalue weighted by molar-refractivity contribution is 0.0788. The minimum atomic E-state index is -0.604. The smallest absolute Gasteiger partial charge is 0.319 e. The number of nitrogens with zero attached hydrogens (tertiary/aromatic N) is 5. The average Bonchev–Trinajstić information content (AvgIpc) is 3.66. The summed E-state index contributed by atoms with van der Waals surface area (Å²) in [4.78, 5) is 19.1. The van der Waals surface area contributed by atoms with Gasteiger partial charge in [-0.25, -0.2) is 8.78 Å². The van der Waals surface area contributed by atoms with Gasteiger partial charge in [0.1, 0.15) is 29.5 Å². The van der Waals surface area contributed by atoms with Crippen LogP contribution in [0.25, 0.3) is 32.9 Å². The number of hydrogen-bond acceptors (Lipinski definition) is 7. The number of halogens is 2. The summed E-state index contributed by atoms with van der Waals surface area (Å²) in [5.41, 5.74) is 1.82. The number of fused-ring (bicyclic) bond motifs is 5. The number of anilines is 1. The van der Waals surface area contributed by atoms with Crippen molar-refractivity contribution in [2.24, 2.45) is 5.92 Å². The summed E-state index contributed by atoms with van der Waals surface area (Å²) in [6.07, 6.45) is 15.3. The van der Waals surface area contributed by atoms with Crippen molar-refractivity contribution in [2.45, 2.75) is 68.6 Å². The quantitative estimate of drug-likeness (QED) is 0.210. The summed E-state index contributed by atoms with van der Waals surface area (Å²) in [7, 11) is 0. The fraction of sp³-hybridized carbons (Fsp3) is 0.432. The van der Waals surface area contributed by atoms with E-state index in [1.165, 1.54) is 30.9 Å². The van der Waals surface area contributed by atoms with Crippen LogP contribution < -0.4 is 15.0 Å². The lowest BCUT2D eigenvalue weighted by Crippen LogP contribution is -2.51. The molecule has 4 aromatic rings. The lowest BCUT2D eigenvalue weighted by Gasteiger charge is -2.35. The molecule has 2 aromatic heterocycles. The summed E-state index contributed by atoms with van der Waals surface area (Å²) in [5.74, 6) is 2.74. The Hall–Kier alpha value is -4.13. The van der Waals surface area contributed by atoms with Crippen LogP contribution in [-0.4, -0.2) is 69.8 Å². The van der Waals surface area contributed by atoms with Gasteiger partial charge in [-0.15, -0.1) is 6.42 Å². The Morgan fingerprint density at radius 3 is 2.67 bits per heavy atom. The molecule has 2 unspecified atom stereocenters. The fourth-order valence-electron chi connectivity index (χ4n) is 8.86. The van der Waals surface area contributed by atoms with Gasteiger partial charge in [0.25, 0.3) is 0 Å². The van der Waals surface area contributed by atoms with Gasteiger partial charge in [-0.2, -0.15) is 9.97 Å². The summed E-state index contributed by atoms with van der Waals surface area (Å²) >= 11 is 0. The molecule has 1 saturated carbocycles. The highest BCUT2D eigenvalue weighted by Gasteiger charge is 2.54. The highest BCUT2D eigenvalue weighted by Crippen LogP contribution is 2.51. The van der Waals surface area contributed by atoms with Gasteiger partial charge < -0.3 is 15.0 Å². The molecule has 9 rings (SSSR count). The SMILES string of the molecule is C#Cc1c(F)ccc2cccc(-c3ncc4c(N5CC6CCC(C5)N6)nc(OC[C@@]56CC[C@@H](C7CC7)N5CC(=C)C6)nc4c3F)c12. The Morgan fingerprint density at radius 2 is 1.89 bits per heavy atom. The number of benzene rings is 2. The van der Waals surface area contributed by atoms with Crippen LogP contribution in [0.15, 0.2) is 48.7 Å². The van der Waals surface area contributed by atoms with E-state index in [0.29, 0.717) is 52.3 Å². The minimum absolute atomic E-state index is 0.0658. The molecular weight excluding hydrogens is 582 g/mol. The first-order valence-corrected chi connectivity index (χ1v) is 16.5. The molecule has 2 aromatic carbocycles. The number of terminal acetylenes is 1. The highest BCUT2D eigenvalue weighted by molar-refractivity contribution is 6.02. The predicted octanol–water partition coefficient (Wildman–Crippen LogP) is 6.00. The first kappa shape index (κ1) is 28.1. The van der Waals surface area contributed by atoms with Crippen molar-refractivity contribution in [1.82, 2.24) is 25.2 Å². The Morgan fingerprint density at radius 1 is 1.07 bits per heavy atom. The molecule has 0 amide bonds. The second-order valence-electron chi connectivity index (χ2n) is 14.0. The largest absolute Gasteiger partial charge is 0.461 e. The van der Waals surface area contributed by atoms with Crippen molar-refractivity contribution >= 4 is 27.5 Å². The Bertz CT molecular complexity index is 1960. The van der Waals surface area contributed by atoms with Crippen molar-refractivity contribution in [3.63, 3.8) is 0 Å². The third kappa shape index (κ3) is 4.41. The molecule has 1 N–H and O–H groups in total.